The molecule has 1 atom stereocenters. The Bertz CT molecular complexity index is 572. The molecule has 0 saturated heterocycles. The smallest absolute Gasteiger partial charge is 0.124 e. The van der Waals surface area contributed by atoms with Gasteiger partial charge in [0.25, 0.3) is 0 Å². The minimum absolute atomic E-state index is 0.0106. The van der Waals surface area contributed by atoms with Gasteiger partial charge in [-0.2, -0.15) is 0 Å². The Hall–Kier alpha value is -0.940. The number of benzene rings is 2. The molecular weight excluding hydrogens is 343 g/mol. The molecule has 0 spiro atoms. The van der Waals surface area contributed by atoms with Crippen LogP contribution in [0.2, 0.25) is 5.02 Å². The van der Waals surface area contributed by atoms with E-state index in [9.17, 15) is 4.39 Å². The first-order chi connectivity index (χ1) is 9.58. The predicted octanol–water partition coefficient (Wildman–Crippen LogP) is 3.86. The van der Waals surface area contributed by atoms with Crippen molar-refractivity contribution in [2.75, 3.05) is 0 Å². The molecular formula is C15H15BrClFN2. The van der Waals surface area contributed by atoms with Gasteiger partial charge in [-0.05, 0) is 48.2 Å². The third-order valence-electron chi connectivity index (χ3n) is 3.06. The van der Waals surface area contributed by atoms with E-state index in [4.69, 9.17) is 17.4 Å². The van der Waals surface area contributed by atoms with E-state index < -0.39 is 0 Å². The zero-order valence-electron chi connectivity index (χ0n) is 10.7. The van der Waals surface area contributed by atoms with E-state index in [2.05, 4.69) is 21.4 Å². The molecule has 0 aromatic heterocycles. The summed E-state index contributed by atoms with van der Waals surface area (Å²) in [6.45, 7) is 0. The van der Waals surface area contributed by atoms with E-state index in [1.165, 1.54) is 12.1 Å². The van der Waals surface area contributed by atoms with Crippen molar-refractivity contribution in [3.05, 3.63) is 68.9 Å². The van der Waals surface area contributed by atoms with Crippen molar-refractivity contribution in [1.29, 1.82) is 0 Å². The summed E-state index contributed by atoms with van der Waals surface area (Å²) < 4.78 is 14.1. The molecule has 0 aliphatic rings. The molecule has 0 bridgehead atoms. The SMILES string of the molecule is NNC(Cc1cc(F)cc(Br)c1)Cc1ccccc1Cl. The van der Waals surface area contributed by atoms with Gasteiger partial charge in [-0.15, -0.1) is 0 Å². The van der Waals surface area contributed by atoms with E-state index >= 15 is 0 Å². The van der Waals surface area contributed by atoms with E-state index in [1.807, 2.05) is 30.3 Å². The summed E-state index contributed by atoms with van der Waals surface area (Å²) in [5.41, 5.74) is 4.67. The highest BCUT2D eigenvalue weighted by atomic mass is 79.9. The summed E-state index contributed by atoms with van der Waals surface area (Å²) >= 11 is 9.43. The summed E-state index contributed by atoms with van der Waals surface area (Å²) in [5, 5.41) is 0.716. The first kappa shape index (κ1) is 15.4. The minimum atomic E-state index is -0.261. The molecule has 2 aromatic rings. The third kappa shape index (κ3) is 4.28. The lowest BCUT2D eigenvalue weighted by atomic mass is 9.99. The van der Waals surface area contributed by atoms with E-state index in [0.29, 0.717) is 17.9 Å². The lowest BCUT2D eigenvalue weighted by Crippen LogP contribution is -2.38. The zero-order valence-corrected chi connectivity index (χ0v) is 13.1. The second kappa shape index (κ2) is 7.18. The van der Waals surface area contributed by atoms with Crippen LogP contribution in [0.1, 0.15) is 11.1 Å². The second-order valence-corrected chi connectivity index (χ2v) is 5.96. The normalized spacial score (nSPS) is 12.4. The number of nitrogens with one attached hydrogen (secondary N) is 1. The van der Waals surface area contributed by atoms with Gasteiger partial charge in [0.05, 0.1) is 0 Å². The number of hydrogen-bond donors (Lipinski definition) is 2. The highest BCUT2D eigenvalue weighted by Crippen LogP contribution is 2.20. The summed E-state index contributed by atoms with van der Waals surface area (Å²) in [6.07, 6.45) is 1.31. The molecule has 2 aromatic carbocycles. The van der Waals surface area contributed by atoms with Crippen LogP contribution in [0.15, 0.2) is 46.9 Å². The topological polar surface area (TPSA) is 38.0 Å². The second-order valence-electron chi connectivity index (χ2n) is 4.64. The molecule has 2 rings (SSSR count). The molecule has 0 aliphatic heterocycles. The van der Waals surface area contributed by atoms with Crippen LogP contribution in [0.3, 0.4) is 0 Å². The maximum atomic E-state index is 13.4. The Labute approximate surface area is 131 Å². The molecule has 20 heavy (non-hydrogen) atoms. The molecule has 0 saturated carbocycles. The first-order valence-electron chi connectivity index (χ1n) is 6.23. The number of hydrogen-bond acceptors (Lipinski definition) is 2. The third-order valence-corrected chi connectivity index (χ3v) is 3.89. The van der Waals surface area contributed by atoms with Crippen LogP contribution >= 0.6 is 27.5 Å². The van der Waals surface area contributed by atoms with Crippen LogP contribution < -0.4 is 11.3 Å². The molecule has 0 aliphatic carbocycles. The average Bonchev–Trinajstić information content (AvgIpc) is 2.39. The van der Waals surface area contributed by atoms with Crippen LogP contribution in [-0.4, -0.2) is 6.04 Å². The quantitative estimate of drug-likeness (QED) is 0.630. The van der Waals surface area contributed by atoms with Crippen LogP contribution in [0.5, 0.6) is 0 Å². The lowest BCUT2D eigenvalue weighted by molar-refractivity contribution is 0.520. The molecule has 0 radical (unpaired) electrons. The molecule has 106 valence electrons. The Morgan fingerprint density at radius 1 is 1.20 bits per heavy atom. The molecule has 2 nitrogen and oxygen atoms in total. The van der Waals surface area contributed by atoms with Gasteiger partial charge < -0.3 is 0 Å². The van der Waals surface area contributed by atoms with Gasteiger partial charge in [0.15, 0.2) is 0 Å². The summed E-state index contributed by atoms with van der Waals surface area (Å²) in [5.74, 6) is 5.33. The highest BCUT2D eigenvalue weighted by Gasteiger charge is 2.12. The van der Waals surface area contributed by atoms with Crippen molar-refractivity contribution in [3.8, 4) is 0 Å². The van der Waals surface area contributed by atoms with Gasteiger partial charge in [-0.25, -0.2) is 4.39 Å². The zero-order chi connectivity index (χ0) is 14.5. The number of rotatable bonds is 5. The summed E-state index contributed by atoms with van der Waals surface area (Å²) in [6, 6.07) is 12.5. The van der Waals surface area contributed by atoms with Crippen molar-refractivity contribution < 1.29 is 4.39 Å². The number of hydrazine groups is 1. The molecule has 0 heterocycles. The van der Waals surface area contributed by atoms with Crippen LogP contribution in [0, 0.1) is 5.82 Å². The van der Waals surface area contributed by atoms with Crippen LogP contribution in [0.4, 0.5) is 4.39 Å². The Balaban J connectivity index is 2.11. The lowest BCUT2D eigenvalue weighted by Gasteiger charge is -2.17. The number of halogens is 3. The van der Waals surface area contributed by atoms with Crippen molar-refractivity contribution in [2.45, 2.75) is 18.9 Å². The van der Waals surface area contributed by atoms with Crippen LogP contribution in [-0.2, 0) is 12.8 Å². The van der Waals surface area contributed by atoms with Gasteiger partial charge >= 0.3 is 0 Å². The van der Waals surface area contributed by atoms with Crippen molar-refractivity contribution >= 4 is 27.5 Å². The monoisotopic (exact) mass is 356 g/mol. The van der Waals surface area contributed by atoms with Gasteiger partial charge in [-0.1, -0.05) is 45.7 Å². The first-order valence-corrected chi connectivity index (χ1v) is 7.40. The average molecular weight is 358 g/mol. The largest absolute Gasteiger partial charge is 0.271 e. The maximum absolute atomic E-state index is 13.4. The fourth-order valence-corrected chi connectivity index (χ4v) is 2.86. The van der Waals surface area contributed by atoms with Crippen LogP contribution in [0.25, 0.3) is 0 Å². The summed E-state index contributed by atoms with van der Waals surface area (Å²) in [7, 11) is 0. The fourth-order valence-electron chi connectivity index (χ4n) is 2.13. The van der Waals surface area contributed by atoms with Crippen molar-refractivity contribution in [1.82, 2.24) is 5.43 Å². The van der Waals surface area contributed by atoms with Crippen molar-refractivity contribution in [3.63, 3.8) is 0 Å². The Morgan fingerprint density at radius 3 is 2.60 bits per heavy atom. The predicted molar refractivity (Wildman–Crippen MR) is 84.1 cm³/mol. The van der Waals surface area contributed by atoms with Gasteiger partial charge in [0.1, 0.15) is 5.82 Å². The molecule has 0 fully saturated rings. The van der Waals surface area contributed by atoms with E-state index in [1.54, 1.807) is 0 Å². The fraction of sp³-hybridized carbons (Fsp3) is 0.200. The van der Waals surface area contributed by atoms with Gasteiger partial charge in [0.2, 0.25) is 0 Å². The Kier molecular flexibility index (Phi) is 5.54. The standard InChI is InChI=1S/C15H15BrClFN2/c16-12-5-10(6-13(18)9-12)7-14(20-19)8-11-3-1-2-4-15(11)17/h1-6,9,14,20H,7-8,19H2. The molecule has 5 heteroatoms. The van der Waals surface area contributed by atoms with E-state index in [-0.39, 0.29) is 11.9 Å². The number of nitrogens with two attached hydrogens (primary N) is 1. The highest BCUT2D eigenvalue weighted by molar-refractivity contribution is 9.10. The van der Waals surface area contributed by atoms with Gasteiger partial charge in [-0.3, -0.25) is 11.3 Å². The molecule has 0 amide bonds. The molecule has 3 N–H and O–H groups in total. The minimum Gasteiger partial charge on any atom is -0.271 e. The van der Waals surface area contributed by atoms with Crippen molar-refractivity contribution in [2.24, 2.45) is 5.84 Å². The van der Waals surface area contributed by atoms with E-state index in [0.717, 1.165) is 15.6 Å². The van der Waals surface area contributed by atoms with Gasteiger partial charge in [0, 0.05) is 15.5 Å². The molecule has 1 unspecified atom stereocenters. The Morgan fingerprint density at radius 2 is 1.95 bits per heavy atom. The maximum Gasteiger partial charge on any atom is 0.124 e. The summed E-state index contributed by atoms with van der Waals surface area (Å²) in [4.78, 5) is 0.